The minimum Gasteiger partial charge on any atom is -0.458 e. The molecular formula is C19H31F3O4. The minimum absolute atomic E-state index is 0.0780. The maximum atomic E-state index is 13.1. The first-order chi connectivity index (χ1) is 11.5. The van der Waals surface area contributed by atoms with Crippen LogP contribution < -0.4 is 0 Å². The van der Waals surface area contributed by atoms with Crippen molar-refractivity contribution in [3.05, 3.63) is 11.6 Å². The zero-order valence-corrected chi connectivity index (χ0v) is 16.7. The molecule has 26 heavy (non-hydrogen) atoms. The van der Waals surface area contributed by atoms with E-state index in [1.165, 1.54) is 6.92 Å². The van der Waals surface area contributed by atoms with E-state index in [-0.39, 0.29) is 13.0 Å². The Labute approximate surface area is 153 Å². The summed E-state index contributed by atoms with van der Waals surface area (Å²) >= 11 is 0. The number of carbonyl (C=O) groups is 1. The van der Waals surface area contributed by atoms with E-state index in [0.29, 0.717) is 6.42 Å². The van der Waals surface area contributed by atoms with Gasteiger partial charge in [-0.2, -0.15) is 13.2 Å². The summed E-state index contributed by atoms with van der Waals surface area (Å²) in [5.74, 6) is -3.91. The molecule has 7 heteroatoms. The molecule has 0 aromatic carbocycles. The lowest BCUT2D eigenvalue weighted by Crippen LogP contribution is -2.58. The number of alkyl halides is 3. The Morgan fingerprint density at radius 1 is 1.27 bits per heavy atom. The molecule has 0 saturated carbocycles. The van der Waals surface area contributed by atoms with E-state index in [9.17, 15) is 23.1 Å². The zero-order chi connectivity index (χ0) is 20.6. The molecule has 1 aliphatic rings. The number of hydrogen-bond acceptors (Lipinski definition) is 4. The molecule has 0 radical (unpaired) electrons. The average molecular weight is 380 g/mol. The number of allylic oxidation sites excluding steroid dienone is 1. The first-order valence-corrected chi connectivity index (χ1v) is 8.84. The average Bonchev–Trinajstić information content (AvgIpc) is 2.44. The third-order valence-corrected chi connectivity index (χ3v) is 5.66. The second-order valence-electron chi connectivity index (χ2n) is 8.56. The fraction of sp³-hybridized carbons (Fsp3) is 0.842. The van der Waals surface area contributed by atoms with Gasteiger partial charge in [-0.25, -0.2) is 0 Å². The first kappa shape index (κ1) is 23.0. The Bertz CT molecular complexity index is 566. The highest BCUT2D eigenvalue weighted by atomic mass is 19.4. The maximum absolute atomic E-state index is 13.1. The van der Waals surface area contributed by atoms with E-state index in [2.05, 4.69) is 4.74 Å². The molecule has 0 amide bonds. The second kappa shape index (κ2) is 7.15. The van der Waals surface area contributed by atoms with Gasteiger partial charge in [-0.15, -0.1) is 0 Å². The third-order valence-electron chi connectivity index (χ3n) is 5.66. The predicted octanol–water partition coefficient (Wildman–Crippen LogP) is 4.76. The van der Waals surface area contributed by atoms with Gasteiger partial charge in [0, 0.05) is 6.42 Å². The molecule has 4 nitrogen and oxygen atoms in total. The van der Waals surface area contributed by atoms with Gasteiger partial charge in [0.1, 0.15) is 5.60 Å². The SMILES string of the molecule is CCC(C)(C)C(C)(C=C(C)C)C(=O)OC1(C)CCOC(O)(C(F)(F)F)C1. The van der Waals surface area contributed by atoms with E-state index >= 15 is 0 Å². The number of hydrogen-bond donors (Lipinski definition) is 1. The summed E-state index contributed by atoms with van der Waals surface area (Å²) in [6.45, 7) is 12.3. The van der Waals surface area contributed by atoms with Gasteiger partial charge in [0.2, 0.25) is 0 Å². The van der Waals surface area contributed by atoms with Gasteiger partial charge in [0.15, 0.2) is 0 Å². The fourth-order valence-corrected chi connectivity index (χ4v) is 3.16. The summed E-state index contributed by atoms with van der Waals surface area (Å²) in [6, 6.07) is 0. The van der Waals surface area contributed by atoms with Crippen LogP contribution in [0.15, 0.2) is 11.6 Å². The molecule has 152 valence electrons. The number of carbonyl (C=O) groups excluding carboxylic acids is 1. The van der Waals surface area contributed by atoms with Crippen molar-refractivity contribution in [1.29, 1.82) is 0 Å². The molecule has 1 heterocycles. The molecule has 3 atom stereocenters. The van der Waals surface area contributed by atoms with Crippen LogP contribution in [0.4, 0.5) is 13.2 Å². The van der Waals surface area contributed by atoms with Crippen LogP contribution in [-0.2, 0) is 14.3 Å². The largest absolute Gasteiger partial charge is 0.458 e. The maximum Gasteiger partial charge on any atom is 0.443 e. The summed E-state index contributed by atoms with van der Waals surface area (Å²) in [5, 5.41) is 9.86. The standard InChI is InChI=1S/C19H31F3O4/c1-8-15(4,5)17(7,11-13(2)3)14(23)26-16(6)9-10-25-18(24,12-16)19(20,21)22/h11,24H,8-10,12H2,1-7H3. The number of esters is 1. The summed E-state index contributed by atoms with van der Waals surface area (Å²) in [6.07, 6.45) is -3.26. The van der Waals surface area contributed by atoms with E-state index in [1.807, 2.05) is 34.6 Å². The quantitative estimate of drug-likeness (QED) is 0.552. The minimum atomic E-state index is -4.97. The van der Waals surface area contributed by atoms with Gasteiger partial charge in [-0.05, 0) is 39.5 Å². The highest BCUT2D eigenvalue weighted by molar-refractivity contribution is 5.80. The number of aliphatic hydroxyl groups is 1. The van der Waals surface area contributed by atoms with Crippen molar-refractivity contribution < 1.29 is 32.5 Å². The van der Waals surface area contributed by atoms with Crippen molar-refractivity contribution in [2.24, 2.45) is 10.8 Å². The van der Waals surface area contributed by atoms with Crippen molar-refractivity contribution >= 4 is 5.97 Å². The topological polar surface area (TPSA) is 55.8 Å². The Kier molecular flexibility index (Phi) is 6.31. The summed E-state index contributed by atoms with van der Waals surface area (Å²) in [7, 11) is 0. The van der Waals surface area contributed by atoms with Crippen LogP contribution in [0.5, 0.6) is 0 Å². The van der Waals surface area contributed by atoms with Gasteiger partial charge in [0.05, 0.1) is 18.4 Å². The van der Waals surface area contributed by atoms with Crippen molar-refractivity contribution in [3.8, 4) is 0 Å². The van der Waals surface area contributed by atoms with Gasteiger partial charge in [-0.3, -0.25) is 4.79 Å². The van der Waals surface area contributed by atoms with Gasteiger partial charge in [-0.1, -0.05) is 32.4 Å². The molecule has 0 spiro atoms. The second-order valence-corrected chi connectivity index (χ2v) is 8.56. The van der Waals surface area contributed by atoms with Crippen LogP contribution in [0, 0.1) is 10.8 Å². The van der Waals surface area contributed by atoms with Crippen molar-refractivity contribution in [2.75, 3.05) is 6.61 Å². The highest BCUT2D eigenvalue weighted by Crippen LogP contribution is 2.48. The first-order valence-electron chi connectivity index (χ1n) is 8.84. The normalized spacial score (nSPS) is 29.7. The molecule has 1 aliphatic heterocycles. The third kappa shape index (κ3) is 4.42. The van der Waals surface area contributed by atoms with Gasteiger partial charge < -0.3 is 14.6 Å². The van der Waals surface area contributed by atoms with Crippen LogP contribution in [0.25, 0.3) is 0 Å². The lowest BCUT2D eigenvalue weighted by molar-refractivity contribution is -0.391. The van der Waals surface area contributed by atoms with Crippen LogP contribution >= 0.6 is 0 Å². The zero-order valence-electron chi connectivity index (χ0n) is 16.7. The fourth-order valence-electron chi connectivity index (χ4n) is 3.16. The molecule has 1 fully saturated rings. The van der Waals surface area contributed by atoms with Crippen molar-refractivity contribution in [2.45, 2.75) is 85.3 Å². The van der Waals surface area contributed by atoms with Crippen LogP contribution in [0.3, 0.4) is 0 Å². The molecule has 0 aliphatic carbocycles. The van der Waals surface area contributed by atoms with Crippen LogP contribution in [0.1, 0.15) is 67.7 Å². The molecule has 0 aromatic rings. The van der Waals surface area contributed by atoms with Crippen LogP contribution in [0.2, 0.25) is 0 Å². The molecule has 1 rings (SSSR count). The summed E-state index contributed by atoms with van der Waals surface area (Å²) in [5.41, 5.74) is -2.04. The number of ether oxygens (including phenoxy) is 2. The van der Waals surface area contributed by atoms with Crippen LogP contribution in [-0.4, -0.2) is 35.2 Å². The molecule has 1 N–H and O–H groups in total. The van der Waals surface area contributed by atoms with Gasteiger partial charge >= 0.3 is 12.1 Å². The van der Waals surface area contributed by atoms with E-state index in [0.717, 1.165) is 5.57 Å². The Balaban J connectivity index is 3.18. The molecular weight excluding hydrogens is 349 g/mol. The van der Waals surface area contributed by atoms with E-state index < -0.39 is 40.8 Å². The Morgan fingerprint density at radius 3 is 2.23 bits per heavy atom. The van der Waals surface area contributed by atoms with E-state index in [4.69, 9.17) is 4.74 Å². The molecule has 1 saturated heterocycles. The molecule has 3 unspecified atom stereocenters. The lowest BCUT2D eigenvalue weighted by Gasteiger charge is -2.46. The number of halogens is 3. The number of rotatable bonds is 5. The van der Waals surface area contributed by atoms with Gasteiger partial charge in [0.25, 0.3) is 5.79 Å². The monoisotopic (exact) mass is 380 g/mol. The van der Waals surface area contributed by atoms with E-state index in [1.54, 1.807) is 13.0 Å². The molecule has 0 bridgehead atoms. The lowest BCUT2D eigenvalue weighted by atomic mass is 9.64. The Hall–Kier alpha value is -1.08. The smallest absolute Gasteiger partial charge is 0.443 e. The highest BCUT2D eigenvalue weighted by Gasteiger charge is 2.61. The van der Waals surface area contributed by atoms with Crippen molar-refractivity contribution in [3.63, 3.8) is 0 Å². The van der Waals surface area contributed by atoms with Crippen molar-refractivity contribution in [1.82, 2.24) is 0 Å². The summed E-state index contributed by atoms with van der Waals surface area (Å²) in [4.78, 5) is 13.1. The predicted molar refractivity (Wildman–Crippen MR) is 92.3 cm³/mol. The molecule has 0 aromatic heterocycles. The summed E-state index contributed by atoms with van der Waals surface area (Å²) < 4.78 is 49.6. The Morgan fingerprint density at radius 2 is 1.81 bits per heavy atom.